The van der Waals surface area contributed by atoms with E-state index >= 15 is 0 Å². The van der Waals surface area contributed by atoms with Gasteiger partial charge in [-0.15, -0.1) is 0 Å². The lowest BCUT2D eigenvalue weighted by molar-refractivity contribution is -0.384. The van der Waals surface area contributed by atoms with Crippen molar-refractivity contribution in [2.75, 3.05) is 13.2 Å². The smallest absolute Gasteiger partial charge is 0.271 e. The van der Waals surface area contributed by atoms with Crippen LogP contribution in [0, 0.1) is 28.4 Å². The highest BCUT2D eigenvalue weighted by molar-refractivity contribution is 6.19. The van der Waals surface area contributed by atoms with Crippen molar-refractivity contribution in [3.63, 3.8) is 0 Å². The molecule has 0 unspecified atom stereocenters. The molecule has 9 heteroatoms. The van der Waals surface area contributed by atoms with Gasteiger partial charge in [0.1, 0.15) is 23.2 Å². The van der Waals surface area contributed by atoms with Gasteiger partial charge in [-0.2, -0.15) is 5.26 Å². The first-order valence-electron chi connectivity index (χ1n) is 8.93. The molecule has 30 heavy (non-hydrogen) atoms. The SMILES string of the molecule is CC1=C(C#N)C(=O)N(CCO)C(=O)/C1=C\c1ccc(-c2cc([N+](=O)[O-])ccc2C)o1. The summed E-state index contributed by atoms with van der Waals surface area (Å²) in [5.41, 5.74) is 1.35. The van der Waals surface area contributed by atoms with Crippen LogP contribution in [-0.2, 0) is 9.59 Å². The number of nitro groups is 1. The summed E-state index contributed by atoms with van der Waals surface area (Å²) in [5.74, 6) is -0.750. The number of β-amino-alcohol motifs (C(OH)–C–C–N with tert-alkyl or cyclic N) is 1. The standard InChI is InChI=1S/C21H17N3O6/c1-12-3-4-14(24(28)29)9-16(12)19-6-5-15(30-19)10-17-13(2)18(11-22)21(27)23(7-8-25)20(17)26/h3-6,9-10,25H,7-8H2,1-2H3/b17-10-. The highest BCUT2D eigenvalue weighted by atomic mass is 16.6. The lowest BCUT2D eigenvalue weighted by Gasteiger charge is -2.26. The number of carbonyl (C=O) groups excluding carboxylic acids is 2. The Hall–Kier alpha value is -4.03. The Kier molecular flexibility index (Phi) is 5.62. The molecule has 1 aliphatic rings. The third kappa shape index (κ3) is 3.64. The predicted octanol–water partition coefficient (Wildman–Crippen LogP) is 2.75. The molecule has 1 aromatic heterocycles. The zero-order valence-corrected chi connectivity index (χ0v) is 16.2. The fraction of sp³-hybridized carbons (Fsp3) is 0.190. The van der Waals surface area contributed by atoms with E-state index in [0.717, 1.165) is 10.5 Å². The number of benzene rings is 1. The third-order valence-corrected chi connectivity index (χ3v) is 4.76. The molecule has 0 fully saturated rings. The molecule has 0 spiro atoms. The maximum Gasteiger partial charge on any atom is 0.271 e. The summed E-state index contributed by atoms with van der Waals surface area (Å²) in [6.45, 7) is 2.61. The summed E-state index contributed by atoms with van der Waals surface area (Å²) in [6.07, 6.45) is 1.40. The number of aryl methyl sites for hydroxylation is 1. The van der Waals surface area contributed by atoms with Crippen molar-refractivity contribution in [2.24, 2.45) is 0 Å². The van der Waals surface area contributed by atoms with Crippen LogP contribution in [-0.4, -0.2) is 39.9 Å². The number of aliphatic hydroxyl groups excluding tert-OH is 1. The number of imide groups is 1. The number of nitriles is 1. The quantitative estimate of drug-likeness (QED) is 0.348. The number of aliphatic hydroxyl groups is 1. The summed E-state index contributed by atoms with van der Waals surface area (Å²) < 4.78 is 5.77. The number of carbonyl (C=O) groups is 2. The first-order chi connectivity index (χ1) is 14.3. The summed E-state index contributed by atoms with van der Waals surface area (Å²) in [6, 6.07) is 9.42. The topological polar surface area (TPSA) is 138 Å². The van der Waals surface area contributed by atoms with Gasteiger partial charge in [0.05, 0.1) is 18.1 Å². The highest BCUT2D eigenvalue weighted by Crippen LogP contribution is 2.31. The van der Waals surface area contributed by atoms with E-state index in [-0.39, 0.29) is 34.7 Å². The van der Waals surface area contributed by atoms with Crippen LogP contribution in [0.3, 0.4) is 0 Å². The average Bonchev–Trinajstić information content (AvgIpc) is 3.17. The second-order valence-electron chi connectivity index (χ2n) is 6.61. The molecule has 0 atom stereocenters. The van der Waals surface area contributed by atoms with Gasteiger partial charge in [-0.05, 0) is 43.2 Å². The number of rotatable bonds is 5. The Balaban J connectivity index is 2.05. The summed E-state index contributed by atoms with van der Waals surface area (Å²) in [5, 5.41) is 29.5. The van der Waals surface area contributed by atoms with Gasteiger partial charge in [-0.3, -0.25) is 24.6 Å². The van der Waals surface area contributed by atoms with Crippen molar-refractivity contribution >= 4 is 23.6 Å². The van der Waals surface area contributed by atoms with Gasteiger partial charge in [0, 0.05) is 23.3 Å². The van der Waals surface area contributed by atoms with Crippen LogP contribution in [0.5, 0.6) is 0 Å². The van der Waals surface area contributed by atoms with Crippen molar-refractivity contribution in [2.45, 2.75) is 13.8 Å². The van der Waals surface area contributed by atoms with Crippen LogP contribution < -0.4 is 0 Å². The van der Waals surface area contributed by atoms with E-state index in [9.17, 15) is 25.0 Å². The van der Waals surface area contributed by atoms with Gasteiger partial charge in [0.25, 0.3) is 17.5 Å². The molecule has 0 saturated carbocycles. The van der Waals surface area contributed by atoms with Gasteiger partial charge < -0.3 is 9.52 Å². The molecule has 3 rings (SSSR count). The molecule has 0 saturated heterocycles. The van der Waals surface area contributed by atoms with Crippen LogP contribution in [0.2, 0.25) is 0 Å². The Morgan fingerprint density at radius 1 is 1.23 bits per heavy atom. The van der Waals surface area contributed by atoms with Crippen molar-refractivity contribution in [1.82, 2.24) is 4.90 Å². The first kappa shape index (κ1) is 20.7. The molecule has 2 amide bonds. The molecular formula is C21H17N3O6. The van der Waals surface area contributed by atoms with Crippen LogP contribution in [0.4, 0.5) is 5.69 Å². The van der Waals surface area contributed by atoms with Gasteiger partial charge in [0.2, 0.25) is 0 Å². The Labute approximate surface area is 171 Å². The van der Waals surface area contributed by atoms with Crippen molar-refractivity contribution in [1.29, 1.82) is 5.26 Å². The molecule has 0 bridgehead atoms. The van der Waals surface area contributed by atoms with E-state index in [4.69, 9.17) is 9.52 Å². The highest BCUT2D eigenvalue weighted by Gasteiger charge is 2.35. The van der Waals surface area contributed by atoms with E-state index in [2.05, 4.69) is 0 Å². The number of nitro benzene ring substituents is 1. The molecule has 2 heterocycles. The normalized spacial score (nSPS) is 15.7. The minimum atomic E-state index is -0.751. The van der Waals surface area contributed by atoms with E-state index in [1.54, 1.807) is 31.2 Å². The number of furan rings is 1. The van der Waals surface area contributed by atoms with E-state index in [1.807, 2.05) is 0 Å². The number of nitrogens with zero attached hydrogens (tertiary/aromatic N) is 3. The second kappa shape index (κ2) is 8.14. The molecule has 1 aliphatic heterocycles. The van der Waals surface area contributed by atoms with E-state index in [0.29, 0.717) is 11.3 Å². The van der Waals surface area contributed by atoms with Gasteiger partial charge in [-0.25, -0.2) is 0 Å². The van der Waals surface area contributed by atoms with Gasteiger partial charge in [-0.1, -0.05) is 6.07 Å². The van der Waals surface area contributed by atoms with Crippen LogP contribution in [0.1, 0.15) is 18.2 Å². The largest absolute Gasteiger partial charge is 0.457 e. The molecule has 1 N–H and O–H groups in total. The zero-order chi connectivity index (χ0) is 22.0. The molecule has 0 aliphatic carbocycles. The average molecular weight is 407 g/mol. The Morgan fingerprint density at radius 3 is 2.60 bits per heavy atom. The summed E-state index contributed by atoms with van der Waals surface area (Å²) in [7, 11) is 0. The number of amides is 2. The fourth-order valence-corrected chi connectivity index (χ4v) is 3.14. The molecule has 2 aromatic rings. The predicted molar refractivity (Wildman–Crippen MR) is 106 cm³/mol. The van der Waals surface area contributed by atoms with Crippen LogP contribution >= 0.6 is 0 Å². The molecule has 9 nitrogen and oxygen atoms in total. The summed E-state index contributed by atoms with van der Waals surface area (Å²) in [4.78, 5) is 36.4. The lowest BCUT2D eigenvalue weighted by atomic mass is 9.95. The minimum absolute atomic E-state index is 0.0787. The summed E-state index contributed by atoms with van der Waals surface area (Å²) >= 11 is 0. The van der Waals surface area contributed by atoms with Crippen LogP contribution in [0.15, 0.2) is 51.5 Å². The lowest BCUT2D eigenvalue weighted by Crippen LogP contribution is -2.44. The van der Waals surface area contributed by atoms with Crippen molar-refractivity contribution in [3.8, 4) is 17.4 Å². The van der Waals surface area contributed by atoms with Crippen LogP contribution in [0.25, 0.3) is 17.4 Å². The first-order valence-corrected chi connectivity index (χ1v) is 8.93. The minimum Gasteiger partial charge on any atom is -0.457 e. The van der Waals surface area contributed by atoms with Gasteiger partial charge in [0.15, 0.2) is 0 Å². The van der Waals surface area contributed by atoms with Crippen molar-refractivity contribution in [3.05, 3.63) is 68.5 Å². The Bertz CT molecular complexity index is 1170. The van der Waals surface area contributed by atoms with E-state index < -0.39 is 23.3 Å². The van der Waals surface area contributed by atoms with Gasteiger partial charge >= 0.3 is 0 Å². The maximum atomic E-state index is 12.7. The third-order valence-electron chi connectivity index (χ3n) is 4.76. The second-order valence-corrected chi connectivity index (χ2v) is 6.61. The molecule has 1 aromatic carbocycles. The monoisotopic (exact) mass is 407 g/mol. The number of hydrogen-bond acceptors (Lipinski definition) is 7. The number of non-ortho nitro benzene ring substituents is 1. The number of hydrogen-bond donors (Lipinski definition) is 1. The maximum absolute atomic E-state index is 12.7. The fourth-order valence-electron chi connectivity index (χ4n) is 3.14. The Morgan fingerprint density at radius 2 is 1.97 bits per heavy atom. The zero-order valence-electron chi connectivity index (χ0n) is 16.2. The molecule has 152 valence electrons. The van der Waals surface area contributed by atoms with Crippen molar-refractivity contribution < 1.29 is 24.0 Å². The van der Waals surface area contributed by atoms with E-state index in [1.165, 1.54) is 25.1 Å². The molecular weight excluding hydrogens is 390 g/mol. The molecule has 0 radical (unpaired) electrons.